The number of hydrogen-bond acceptors (Lipinski definition) is 3. The number of likely N-dealkylation sites (N-methyl/N-ethyl adjacent to an activating group) is 1. The summed E-state index contributed by atoms with van der Waals surface area (Å²) in [6.07, 6.45) is 0. The SMILES string of the molecule is CCN(C(C)COC)C(CN)c1ccc(Br)cc1F. The van der Waals surface area contributed by atoms with E-state index in [9.17, 15) is 4.39 Å². The fourth-order valence-corrected chi connectivity index (χ4v) is 2.72. The van der Waals surface area contributed by atoms with Crippen LogP contribution in [-0.2, 0) is 4.74 Å². The first kappa shape index (κ1) is 16.6. The van der Waals surface area contributed by atoms with Crippen LogP contribution in [0.5, 0.6) is 0 Å². The average molecular weight is 333 g/mol. The molecule has 108 valence electrons. The molecule has 0 aliphatic heterocycles. The Morgan fingerprint density at radius 3 is 2.63 bits per heavy atom. The molecule has 0 aliphatic carbocycles. The summed E-state index contributed by atoms with van der Waals surface area (Å²) in [5, 5.41) is 0. The highest BCUT2D eigenvalue weighted by atomic mass is 79.9. The highest BCUT2D eigenvalue weighted by molar-refractivity contribution is 9.10. The maximum Gasteiger partial charge on any atom is 0.129 e. The number of rotatable bonds is 7. The topological polar surface area (TPSA) is 38.5 Å². The molecule has 5 heteroatoms. The van der Waals surface area contributed by atoms with Gasteiger partial charge >= 0.3 is 0 Å². The maximum absolute atomic E-state index is 14.1. The van der Waals surface area contributed by atoms with Crippen LogP contribution in [0.15, 0.2) is 22.7 Å². The van der Waals surface area contributed by atoms with Gasteiger partial charge in [0.2, 0.25) is 0 Å². The van der Waals surface area contributed by atoms with Crippen LogP contribution in [0, 0.1) is 5.82 Å². The van der Waals surface area contributed by atoms with Gasteiger partial charge in [0.1, 0.15) is 5.82 Å². The standard InChI is InChI=1S/C14H22BrFN2O/c1-4-18(10(2)9-19-3)14(8-17)12-6-5-11(15)7-13(12)16/h5-7,10,14H,4,8-9,17H2,1-3H3. The van der Waals surface area contributed by atoms with Crippen molar-refractivity contribution >= 4 is 15.9 Å². The summed E-state index contributed by atoms with van der Waals surface area (Å²) >= 11 is 3.27. The fraction of sp³-hybridized carbons (Fsp3) is 0.571. The maximum atomic E-state index is 14.1. The first-order valence-corrected chi connectivity index (χ1v) is 7.24. The number of methoxy groups -OCH3 is 1. The Labute approximate surface area is 123 Å². The summed E-state index contributed by atoms with van der Waals surface area (Å²) in [4.78, 5) is 2.16. The highest BCUT2D eigenvalue weighted by Gasteiger charge is 2.24. The van der Waals surface area contributed by atoms with Gasteiger partial charge in [-0.2, -0.15) is 0 Å². The molecule has 1 aromatic rings. The third-order valence-corrected chi connectivity index (χ3v) is 3.78. The molecule has 0 amide bonds. The minimum atomic E-state index is -0.229. The highest BCUT2D eigenvalue weighted by Crippen LogP contribution is 2.26. The zero-order valence-corrected chi connectivity index (χ0v) is 13.3. The molecule has 19 heavy (non-hydrogen) atoms. The summed E-state index contributed by atoms with van der Waals surface area (Å²) < 4.78 is 20.0. The molecule has 0 aliphatic rings. The smallest absolute Gasteiger partial charge is 0.129 e. The molecule has 0 spiro atoms. The van der Waals surface area contributed by atoms with Gasteiger partial charge in [-0.05, 0) is 25.6 Å². The average Bonchev–Trinajstić information content (AvgIpc) is 2.37. The van der Waals surface area contributed by atoms with Crippen molar-refractivity contribution in [1.82, 2.24) is 4.90 Å². The van der Waals surface area contributed by atoms with E-state index in [0.29, 0.717) is 18.7 Å². The second kappa shape index (κ2) is 7.94. The molecule has 3 nitrogen and oxygen atoms in total. The first-order valence-electron chi connectivity index (χ1n) is 6.44. The van der Waals surface area contributed by atoms with E-state index < -0.39 is 0 Å². The molecule has 0 bridgehead atoms. The van der Waals surface area contributed by atoms with Gasteiger partial charge in [-0.25, -0.2) is 4.39 Å². The molecule has 1 aromatic carbocycles. The number of nitrogens with two attached hydrogens (primary N) is 1. The van der Waals surface area contributed by atoms with Crippen LogP contribution in [0.3, 0.4) is 0 Å². The fourth-order valence-electron chi connectivity index (χ4n) is 2.39. The third-order valence-electron chi connectivity index (χ3n) is 3.28. The number of ether oxygens (including phenoxy) is 1. The molecule has 0 fully saturated rings. The molecule has 0 heterocycles. The van der Waals surface area contributed by atoms with Gasteiger partial charge in [0.05, 0.1) is 12.6 Å². The second-order valence-corrected chi connectivity index (χ2v) is 5.47. The van der Waals surface area contributed by atoms with Crippen molar-refractivity contribution < 1.29 is 9.13 Å². The van der Waals surface area contributed by atoms with Crippen LogP contribution in [0.4, 0.5) is 4.39 Å². The molecule has 0 saturated heterocycles. The van der Waals surface area contributed by atoms with Crippen LogP contribution in [-0.4, -0.2) is 37.7 Å². The number of hydrogen-bond donors (Lipinski definition) is 1. The van der Waals surface area contributed by atoms with E-state index in [1.807, 2.05) is 13.0 Å². The Morgan fingerprint density at radius 2 is 2.16 bits per heavy atom. The van der Waals surface area contributed by atoms with Crippen molar-refractivity contribution in [2.75, 3.05) is 26.8 Å². The first-order chi connectivity index (χ1) is 9.04. The second-order valence-electron chi connectivity index (χ2n) is 4.55. The third kappa shape index (κ3) is 4.24. The molecular formula is C14H22BrFN2O. The largest absolute Gasteiger partial charge is 0.383 e. The van der Waals surface area contributed by atoms with Crippen molar-refractivity contribution in [3.05, 3.63) is 34.1 Å². The van der Waals surface area contributed by atoms with Crippen LogP contribution < -0.4 is 5.73 Å². The molecule has 0 aromatic heterocycles. The zero-order chi connectivity index (χ0) is 14.4. The Morgan fingerprint density at radius 1 is 1.47 bits per heavy atom. The van der Waals surface area contributed by atoms with E-state index in [-0.39, 0.29) is 17.9 Å². The van der Waals surface area contributed by atoms with Crippen LogP contribution in [0.25, 0.3) is 0 Å². The predicted molar refractivity (Wildman–Crippen MR) is 79.6 cm³/mol. The monoisotopic (exact) mass is 332 g/mol. The predicted octanol–water partition coefficient (Wildman–Crippen LogP) is 2.94. The van der Waals surface area contributed by atoms with E-state index in [2.05, 4.69) is 27.8 Å². The lowest BCUT2D eigenvalue weighted by Crippen LogP contribution is -2.42. The summed E-state index contributed by atoms with van der Waals surface area (Å²) in [5.41, 5.74) is 6.50. The van der Waals surface area contributed by atoms with E-state index >= 15 is 0 Å². The summed E-state index contributed by atoms with van der Waals surface area (Å²) in [5.74, 6) is -0.229. The molecule has 0 radical (unpaired) electrons. The van der Waals surface area contributed by atoms with E-state index in [4.69, 9.17) is 10.5 Å². The molecule has 1 rings (SSSR count). The lowest BCUT2D eigenvalue weighted by Gasteiger charge is -2.35. The minimum Gasteiger partial charge on any atom is -0.383 e. The zero-order valence-electron chi connectivity index (χ0n) is 11.7. The van der Waals surface area contributed by atoms with Gasteiger partial charge in [0.25, 0.3) is 0 Å². The molecule has 0 saturated carbocycles. The van der Waals surface area contributed by atoms with Crippen molar-refractivity contribution in [3.8, 4) is 0 Å². The summed E-state index contributed by atoms with van der Waals surface area (Å²) in [6.45, 7) is 5.88. The van der Waals surface area contributed by atoms with Crippen molar-refractivity contribution in [3.63, 3.8) is 0 Å². The van der Waals surface area contributed by atoms with Crippen molar-refractivity contribution in [2.24, 2.45) is 5.73 Å². The van der Waals surface area contributed by atoms with Gasteiger partial charge in [-0.1, -0.05) is 28.9 Å². The molecule has 2 atom stereocenters. The molecular weight excluding hydrogens is 311 g/mol. The van der Waals surface area contributed by atoms with E-state index in [0.717, 1.165) is 11.0 Å². The summed E-state index contributed by atoms with van der Waals surface area (Å²) in [6, 6.07) is 5.16. The Hall–Kier alpha value is -0.490. The Balaban J connectivity index is 3.02. The number of halogens is 2. The number of nitrogens with zero attached hydrogens (tertiary/aromatic N) is 1. The van der Waals surface area contributed by atoms with Gasteiger partial charge in [0, 0.05) is 29.7 Å². The molecule has 2 unspecified atom stereocenters. The van der Waals surface area contributed by atoms with Crippen molar-refractivity contribution in [1.29, 1.82) is 0 Å². The quantitative estimate of drug-likeness (QED) is 0.834. The number of benzene rings is 1. The Bertz CT molecular complexity index is 403. The van der Waals surface area contributed by atoms with E-state index in [1.54, 1.807) is 13.2 Å². The summed E-state index contributed by atoms with van der Waals surface area (Å²) in [7, 11) is 1.67. The van der Waals surface area contributed by atoms with Gasteiger partial charge in [0.15, 0.2) is 0 Å². The van der Waals surface area contributed by atoms with Gasteiger partial charge < -0.3 is 10.5 Å². The van der Waals surface area contributed by atoms with Crippen LogP contribution >= 0.6 is 15.9 Å². The normalized spacial score (nSPS) is 14.7. The minimum absolute atomic E-state index is 0.136. The van der Waals surface area contributed by atoms with Gasteiger partial charge in [-0.3, -0.25) is 4.90 Å². The molecule has 2 N–H and O–H groups in total. The lowest BCUT2D eigenvalue weighted by atomic mass is 10.0. The van der Waals surface area contributed by atoms with Crippen LogP contribution in [0.2, 0.25) is 0 Å². The van der Waals surface area contributed by atoms with Crippen molar-refractivity contribution in [2.45, 2.75) is 25.9 Å². The van der Waals surface area contributed by atoms with Crippen LogP contribution in [0.1, 0.15) is 25.5 Å². The van der Waals surface area contributed by atoms with Gasteiger partial charge in [-0.15, -0.1) is 0 Å². The lowest BCUT2D eigenvalue weighted by molar-refractivity contribution is 0.0740. The Kier molecular flexibility index (Phi) is 6.93. The van der Waals surface area contributed by atoms with E-state index in [1.165, 1.54) is 6.07 Å².